The van der Waals surface area contributed by atoms with Crippen molar-refractivity contribution >= 4 is 17.6 Å². The van der Waals surface area contributed by atoms with Crippen molar-refractivity contribution in [3.05, 3.63) is 28.8 Å². The smallest absolute Gasteiger partial charge is 0.344 e. The average molecular weight is 298 g/mol. The molecule has 0 aromatic heterocycles. The van der Waals surface area contributed by atoms with E-state index in [0.717, 1.165) is 18.5 Å². The summed E-state index contributed by atoms with van der Waals surface area (Å²) in [5.41, 5.74) is 1.08. The van der Waals surface area contributed by atoms with Crippen LogP contribution in [-0.2, 0) is 11.3 Å². The molecule has 0 amide bonds. The van der Waals surface area contributed by atoms with Gasteiger partial charge in [0.05, 0.1) is 5.02 Å². The summed E-state index contributed by atoms with van der Waals surface area (Å²) in [5.74, 6) is -0.523. The normalized spacial score (nSPS) is 15.9. The molecule has 20 heavy (non-hydrogen) atoms. The van der Waals surface area contributed by atoms with Gasteiger partial charge in [0, 0.05) is 12.6 Å². The molecular formula is C15H20ClNO3. The van der Waals surface area contributed by atoms with Crippen molar-refractivity contribution in [2.45, 2.75) is 51.3 Å². The van der Waals surface area contributed by atoms with Gasteiger partial charge in [0.25, 0.3) is 0 Å². The minimum atomic E-state index is -0.956. The highest BCUT2D eigenvalue weighted by molar-refractivity contribution is 6.32. The van der Waals surface area contributed by atoms with Crippen molar-refractivity contribution in [2.75, 3.05) is 0 Å². The first-order chi connectivity index (χ1) is 9.60. The van der Waals surface area contributed by atoms with E-state index in [0.29, 0.717) is 23.2 Å². The van der Waals surface area contributed by atoms with Gasteiger partial charge in [0.2, 0.25) is 0 Å². The lowest BCUT2D eigenvalue weighted by molar-refractivity contribution is -0.145. The highest BCUT2D eigenvalue weighted by atomic mass is 35.5. The molecule has 1 aromatic carbocycles. The molecule has 110 valence electrons. The summed E-state index contributed by atoms with van der Waals surface area (Å²) < 4.78 is 5.49. The molecule has 4 nitrogen and oxygen atoms in total. The lowest BCUT2D eigenvalue weighted by Gasteiger charge is -2.16. The monoisotopic (exact) mass is 297 g/mol. The molecular weight excluding hydrogens is 278 g/mol. The van der Waals surface area contributed by atoms with Crippen LogP contribution in [0.5, 0.6) is 5.75 Å². The van der Waals surface area contributed by atoms with Gasteiger partial charge < -0.3 is 15.2 Å². The molecule has 1 fully saturated rings. The van der Waals surface area contributed by atoms with Gasteiger partial charge in [0.1, 0.15) is 5.75 Å². The number of carbonyl (C=O) groups is 1. The van der Waals surface area contributed by atoms with Crippen LogP contribution in [0.4, 0.5) is 0 Å². The fraction of sp³-hybridized carbons (Fsp3) is 0.533. The molecule has 1 saturated carbocycles. The van der Waals surface area contributed by atoms with Gasteiger partial charge in [0.15, 0.2) is 6.10 Å². The summed E-state index contributed by atoms with van der Waals surface area (Å²) in [6, 6.07) is 6.14. The molecule has 0 aliphatic heterocycles. The van der Waals surface area contributed by atoms with Crippen LogP contribution in [0.2, 0.25) is 5.02 Å². The van der Waals surface area contributed by atoms with Gasteiger partial charge in [-0.15, -0.1) is 0 Å². The predicted molar refractivity (Wildman–Crippen MR) is 78.3 cm³/mol. The van der Waals surface area contributed by atoms with Crippen LogP contribution in [0.3, 0.4) is 0 Å². The molecule has 0 bridgehead atoms. The largest absolute Gasteiger partial charge is 0.479 e. The van der Waals surface area contributed by atoms with Gasteiger partial charge in [-0.25, -0.2) is 4.79 Å². The summed E-state index contributed by atoms with van der Waals surface area (Å²) in [5, 5.41) is 13.0. The van der Waals surface area contributed by atoms with Gasteiger partial charge in [-0.2, -0.15) is 0 Å². The highest BCUT2D eigenvalue weighted by Crippen LogP contribution is 2.28. The summed E-state index contributed by atoms with van der Waals surface area (Å²) in [6.45, 7) is 2.70. The van der Waals surface area contributed by atoms with Crippen molar-refractivity contribution in [2.24, 2.45) is 0 Å². The molecule has 5 heteroatoms. The third-order valence-corrected chi connectivity index (χ3v) is 3.56. The van der Waals surface area contributed by atoms with Crippen LogP contribution in [0.1, 0.15) is 38.2 Å². The van der Waals surface area contributed by atoms with Gasteiger partial charge in [-0.1, -0.05) is 31.0 Å². The third-order valence-electron chi connectivity index (χ3n) is 3.26. The first-order valence-electron chi connectivity index (χ1n) is 7.01. The maximum Gasteiger partial charge on any atom is 0.344 e. The molecule has 1 unspecified atom stereocenters. The number of ether oxygens (including phenoxy) is 1. The van der Waals surface area contributed by atoms with E-state index in [1.54, 1.807) is 6.07 Å². The number of aliphatic carboxylic acids is 1. The van der Waals surface area contributed by atoms with E-state index in [2.05, 4.69) is 5.32 Å². The van der Waals surface area contributed by atoms with E-state index in [4.69, 9.17) is 21.4 Å². The van der Waals surface area contributed by atoms with Gasteiger partial charge in [-0.05, 0) is 37.0 Å². The van der Waals surface area contributed by atoms with Crippen molar-refractivity contribution in [1.82, 2.24) is 5.32 Å². The van der Waals surface area contributed by atoms with Gasteiger partial charge >= 0.3 is 5.97 Å². The Kier molecular flexibility index (Phi) is 5.26. The van der Waals surface area contributed by atoms with Crippen LogP contribution < -0.4 is 10.1 Å². The molecule has 0 saturated heterocycles. The Bertz CT molecular complexity index is 474. The summed E-state index contributed by atoms with van der Waals surface area (Å²) >= 11 is 6.16. The second kappa shape index (κ2) is 6.95. The first kappa shape index (κ1) is 15.1. The van der Waals surface area contributed by atoms with Crippen molar-refractivity contribution in [3.63, 3.8) is 0 Å². The average Bonchev–Trinajstić information content (AvgIpc) is 3.22. The van der Waals surface area contributed by atoms with Crippen LogP contribution in [0.15, 0.2) is 18.2 Å². The number of hydrogen-bond donors (Lipinski definition) is 2. The zero-order chi connectivity index (χ0) is 14.5. The Hall–Kier alpha value is -1.26. The number of hydrogen-bond acceptors (Lipinski definition) is 3. The van der Waals surface area contributed by atoms with Gasteiger partial charge in [-0.3, -0.25) is 0 Å². The second-order valence-electron chi connectivity index (χ2n) is 5.15. The van der Waals surface area contributed by atoms with Crippen LogP contribution in [-0.4, -0.2) is 23.2 Å². The summed E-state index contributed by atoms with van der Waals surface area (Å²) in [4.78, 5) is 11.1. The first-order valence-corrected chi connectivity index (χ1v) is 7.39. The third kappa shape index (κ3) is 4.39. The fourth-order valence-corrected chi connectivity index (χ4v) is 2.20. The van der Waals surface area contributed by atoms with E-state index in [1.807, 2.05) is 19.1 Å². The van der Waals surface area contributed by atoms with E-state index in [-0.39, 0.29) is 0 Å². The van der Waals surface area contributed by atoms with Crippen LogP contribution in [0, 0.1) is 0 Å². The van der Waals surface area contributed by atoms with Crippen LogP contribution >= 0.6 is 11.6 Å². The second-order valence-corrected chi connectivity index (χ2v) is 5.56. The Morgan fingerprint density at radius 1 is 1.55 bits per heavy atom. The van der Waals surface area contributed by atoms with Crippen LogP contribution in [0.25, 0.3) is 0 Å². The highest BCUT2D eigenvalue weighted by Gasteiger charge is 2.21. The quantitative estimate of drug-likeness (QED) is 0.773. The maximum atomic E-state index is 11.1. The van der Waals surface area contributed by atoms with E-state index in [9.17, 15) is 4.79 Å². The Morgan fingerprint density at radius 3 is 2.85 bits per heavy atom. The maximum absolute atomic E-state index is 11.1. The Balaban J connectivity index is 1.98. The molecule has 1 aromatic rings. The molecule has 2 rings (SSSR count). The zero-order valence-corrected chi connectivity index (χ0v) is 12.3. The molecule has 0 spiro atoms. The molecule has 1 atom stereocenters. The number of nitrogens with one attached hydrogen (secondary N) is 1. The standard InChI is InChI=1S/C15H20ClNO3/c1-2-3-14(15(18)19)20-13-7-4-10(8-12(13)16)9-17-11-5-6-11/h4,7-8,11,14,17H,2-3,5-6,9H2,1H3,(H,18,19). The van der Waals surface area contributed by atoms with E-state index >= 15 is 0 Å². The van der Waals surface area contributed by atoms with Crippen molar-refractivity contribution in [1.29, 1.82) is 0 Å². The number of halogens is 1. The SMILES string of the molecule is CCCC(Oc1ccc(CNC2CC2)cc1Cl)C(=O)O. The Morgan fingerprint density at radius 2 is 2.30 bits per heavy atom. The number of benzene rings is 1. The minimum Gasteiger partial charge on any atom is -0.479 e. The summed E-state index contributed by atoms with van der Waals surface area (Å²) in [6.07, 6.45) is 2.86. The Labute approximate surface area is 124 Å². The number of carboxylic acids is 1. The molecule has 2 N–H and O–H groups in total. The van der Waals surface area contributed by atoms with Crippen molar-refractivity contribution in [3.8, 4) is 5.75 Å². The fourth-order valence-electron chi connectivity index (χ4n) is 1.95. The molecule has 1 aliphatic rings. The molecule has 1 aliphatic carbocycles. The number of carboxylic acid groups (broad SMARTS) is 1. The summed E-state index contributed by atoms with van der Waals surface area (Å²) in [7, 11) is 0. The van der Waals surface area contributed by atoms with E-state index in [1.165, 1.54) is 12.8 Å². The predicted octanol–water partition coefficient (Wildman–Crippen LogP) is 3.22. The minimum absolute atomic E-state index is 0.433. The number of rotatable bonds is 8. The topological polar surface area (TPSA) is 58.6 Å². The van der Waals surface area contributed by atoms with E-state index < -0.39 is 12.1 Å². The zero-order valence-electron chi connectivity index (χ0n) is 11.6. The lowest BCUT2D eigenvalue weighted by atomic mass is 10.2. The lowest BCUT2D eigenvalue weighted by Crippen LogP contribution is -2.26. The van der Waals surface area contributed by atoms with Crippen molar-refractivity contribution < 1.29 is 14.6 Å². The molecule has 0 heterocycles. The molecule has 0 radical (unpaired) electrons.